The van der Waals surface area contributed by atoms with Crippen molar-refractivity contribution in [3.63, 3.8) is 0 Å². The van der Waals surface area contributed by atoms with Crippen molar-refractivity contribution in [2.45, 2.75) is 244 Å². The largest absolute Gasteiger partial charge is 0.392 e. The molecular weight excluding hydrogens is 652 g/mol. The molecule has 0 aliphatic heterocycles. The molecule has 7 N–H and O–H groups in total. The maximum atomic E-state index is 11.0. The maximum Gasteiger partial charge on any atom is 0.0622 e. The molecule has 7 heteroatoms. The van der Waals surface area contributed by atoms with Gasteiger partial charge in [-0.25, -0.2) is 0 Å². The van der Waals surface area contributed by atoms with Gasteiger partial charge in [-0.15, -0.1) is 0 Å². The van der Waals surface area contributed by atoms with Gasteiger partial charge >= 0.3 is 0 Å². The summed E-state index contributed by atoms with van der Waals surface area (Å²) in [5, 5.41) is 74.5. The van der Waals surface area contributed by atoms with Crippen molar-refractivity contribution in [1.29, 1.82) is 0 Å². The molecular formula is C45H86O7. The Bertz CT molecular complexity index is 1040. The highest BCUT2D eigenvalue weighted by atomic mass is 16.3. The van der Waals surface area contributed by atoms with Crippen LogP contribution in [0.25, 0.3) is 0 Å². The van der Waals surface area contributed by atoms with Crippen LogP contribution in [0.3, 0.4) is 0 Å². The number of aliphatic hydroxyl groups is 7. The zero-order valence-corrected chi connectivity index (χ0v) is 35.6. The molecule has 7 nitrogen and oxygen atoms in total. The van der Waals surface area contributed by atoms with Crippen molar-refractivity contribution in [1.82, 2.24) is 0 Å². The van der Waals surface area contributed by atoms with Gasteiger partial charge in [-0.1, -0.05) is 34.9 Å². The third-order valence-electron chi connectivity index (χ3n) is 11.1. The third-order valence-corrected chi connectivity index (χ3v) is 11.1. The highest BCUT2D eigenvalue weighted by molar-refractivity contribution is 5.03. The smallest absolute Gasteiger partial charge is 0.0622 e. The lowest BCUT2D eigenvalue weighted by Crippen LogP contribution is -2.31. The molecule has 0 aliphatic carbocycles. The van der Waals surface area contributed by atoms with Gasteiger partial charge in [0.15, 0.2) is 0 Å². The standard InChI is InChI=1S/C45H86O7/c1-37(2)19-12-24-40(5,47)26-14-28-42(7,49)30-16-32-44(9,51)34-18-35-45(10,52)33-17-31-43(8,50)29-15-27-41(6,48)25-13-22-38(3)20-11-21-39(4)23-36-46/h19-20,23,46-52H,11-18,21-22,24-36H2,1-10H3/b38-20-,39-23+. The molecule has 0 radical (unpaired) electrons. The Morgan fingerprint density at radius 2 is 0.654 bits per heavy atom. The number of hydrogen-bond acceptors (Lipinski definition) is 7. The van der Waals surface area contributed by atoms with Crippen LogP contribution < -0.4 is 0 Å². The maximum absolute atomic E-state index is 11.0. The molecule has 52 heavy (non-hydrogen) atoms. The Morgan fingerprint density at radius 1 is 0.365 bits per heavy atom. The molecule has 0 fully saturated rings. The average Bonchev–Trinajstić information content (AvgIpc) is 2.95. The molecule has 0 aliphatic rings. The summed E-state index contributed by atoms with van der Waals surface area (Å²) in [5.74, 6) is 0. The lowest BCUT2D eigenvalue weighted by Gasteiger charge is -2.30. The highest BCUT2D eigenvalue weighted by Gasteiger charge is 2.29. The van der Waals surface area contributed by atoms with E-state index >= 15 is 0 Å². The SMILES string of the molecule is CC(C)=CCCC(C)(O)CCCC(C)(O)CCCC(C)(O)CCCC(C)(O)CCCC(C)(O)CCCC(C)(O)CCC/C(C)=C\CC/C(C)=C/CO. The van der Waals surface area contributed by atoms with Crippen LogP contribution in [0.1, 0.15) is 210 Å². The first kappa shape index (κ1) is 50.9. The molecule has 0 saturated heterocycles. The minimum absolute atomic E-state index is 0.0920. The third kappa shape index (κ3) is 29.3. The second-order valence-corrected chi connectivity index (χ2v) is 18.7. The quantitative estimate of drug-likeness (QED) is 0.0351. The summed E-state index contributed by atoms with van der Waals surface area (Å²) in [7, 11) is 0. The van der Waals surface area contributed by atoms with E-state index in [1.165, 1.54) is 16.7 Å². The van der Waals surface area contributed by atoms with Gasteiger partial charge in [0.05, 0.1) is 40.2 Å². The second kappa shape index (κ2) is 24.5. The average molecular weight is 739 g/mol. The van der Waals surface area contributed by atoms with Crippen molar-refractivity contribution >= 4 is 0 Å². The van der Waals surface area contributed by atoms with Crippen molar-refractivity contribution in [2.75, 3.05) is 6.61 Å². The van der Waals surface area contributed by atoms with Crippen LogP contribution >= 0.6 is 0 Å². The van der Waals surface area contributed by atoms with Gasteiger partial charge in [0, 0.05) is 0 Å². The summed E-state index contributed by atoms with van der Waals surface area (Å²) in [6, 6.07) is 0. The van der Waals surface area contributed by atoms with E-state index < -0.39 is 33.6 Å². The van der Waals surface area contributed by atoms with Crippen LogP contribution in [0.2, 0.25) is 0 Å². The predicted octanol–water partition coefficient (Wildman–Crippen LogP) is 9.93. The summed E-state index contributed by atoms with van der Waals surface area (Å²) < 4.78 is 0. The van der Waals surface area contributed by atoms with Gasteiger partial charge in [0.1, 0.15) is 0 Å². The second-order valence-electron chi connectivity index (χ2n) is 18.7. The van der Waals surface area contributed by atoms with Crippen molar-refractivity contribution in [2.24, 2.45) is 0 Å². The number of hydrogen-bond donors (Lipinski definition) is 7. The Labute approximate surface area is 320 Å². The Hall–Kier alpha value is -1.06. The molecule has 6 unspecified atom stereocenters. The molecule has 0 bridgehead atoms. The summed E-state index contributed by atoms with van der Waals surface area (Å²) in [5.41, 5.74) is -1.10. The highest BCUT2D eigenvalue weighted by Crippen LogP contribution is 2.32. The summed E-state index contributed by atoms with van der Waals surface area (Å²) in [6.45, 7) is 19.6. The Balaban J connectivity index is 4.36. The Morgan fingerprint density at radius 3 is 0.962 bits per heavy atom. The van der Waals surface area contributed by atoms with Crippen molar-refractivity contribution in [3.05, 3.63) is 34.9 Å². The molecule has 6 atom stereocenters. The van der Waals surface area contributed by atoms with E-state index in [1.54, 1.807) is 0 Å². The van der Waals surface area contributed by atoms with E-state index in [9.17, 15) is 30.6 Å². The van der Waals surface area contributed by atoms with E-state index in [2.05, 4.69) is 32.9 Å². The van der Waals surface area contributed by atoms with Crippen LogP contribution in [0.15, 0.2) is 34.9 Å². The topological polar surface area (TPSA) is 142 Å². The van der Waals surface area contributed by atoms with Crippen LogP contribution in [0.4, 0.5) is 0 Å². The van der Waals surface area contributed by atoms with E-state index in [1.807, 2.05) is 54.5 Å². The van der Waals surface area contributed by atoms with Crippen LogP contribution in [-0.4, -0.2) is 76.0 Å². The molecule has 0 saturated carbocycles. The first-order valence-corrected chi connectivity index (χ1v) is 20.7. The number of allylic oxidation sites excluding steroid dienone is 5. The predicted molar refractivity (Wildman–Crippen MR) is 219 cm³/mol. The first-order chi connectivity index (χ1) is 23.8. The van der Waals surface area contributed by atoms with Gasteiger partial charge in [-0.2, -0.15) is 0 Å². The monoisotopic (exact) mass is 739 g/mol. The lowest BCUT2D eigenvalue weighted by atomic mass is 9.83. The van der Waals surface area contributed by atoms with Crippen molar-refractivity contribution in [3.8, 4) is 0 Å². The summed E-state index contributed by atoms with van der Waals surface area (Å²) >= 11 is 0. The molecule has 0 aromatic heterocycles. The molecule has 0 rings (SSSR count). The molecule has 0 aromatic rings. The zero-order chi connectivity index (χ0) is 40.1. The molecule has 0 spiro atoms. The minimum atomic E-state index is -0.867. The van der Waals surface area contributed by atoms with Gasteiger partial charge in [-0.05, 0) is 210 Å². The summed E-state index contributed by atoms with van der Waals surface area (Å²) in [4.78, 5) is 0. The van der Waals surface area contributed by atoms with Gasteiger partial charge in [0.25, 0.3) is 0 Å². The van der Waals surface area contributed by atoms with Crippen LogP contribution in [0, 0.1) is 0 Å². The van der Waals surface area contributed by atoms with Gasteiger partial charge in [-0.3, -0.25) is 0 Å². The normalized spacial score (nSPS) is 19.9. The number of aliphatic hydroxyl groups excluding tert-OH is 1. The zero-order valence-electron chi connectivity index (χ0n) is 35.6. The van der Waals surface area contributed by atoms with Gasteiger partial charge in [0.2, 0.25) is 0 Å². The molecule has 0 heterocycles. The first-order valence-electron chi connectivity index (χ1n) is 20.7. The van der Waals surface area contributed by atoms with E-state index in [0.717, 1.165) is 57.8 Å². The minimum Gasteiger partial charge on any atom is -0.392 e. The fourth-order valence-electron chi connectivity index (χ4n) is 7.33. The molecule has 308 valence electrons. The Kier molecular flexibility index (Phi) is 24.0. The van der Waals surface area contributed by atoms with Crippen LogP contribution in [-0.2, 0) is 0 Å². The van der Waals surface area contributed by atoms with E-state index in [-0.39, 0.29) is 6.61 Å². The molecule has 0 amide bonds. The van der Waals surface area contributed by atoms with Gasteiger partial charge < -0.3 is 35.7 Å². The fraction of sp³-hybridized carbons (Fsp3) is 0.867. The van der Waals surface area contributed by atoms with E-state index in [4.69, 9.17) is 5.11 Å². The lowest BCUT2D eigenvalue weighted by molar-refractivity contribution is -0.00728. The number of rotatable bonds is 31. The van der Waals surface area contributed by atoms with Crippen molar-refractivity contribution < 1.29 is 35.7 Å². The fourth-order valence-corrected chi connectivity index (χ4v) is 7.33. The van der Waals surface area contributed by atoms with Crippen LogP contribution in [0.5, 0.6) is 0 Å². The van der Waals surface area contributed by atoms with E-state index in [0.29, 0.717) is 83.5 Å². The molecule has 0 aromatic carbocycles. The summed E-state index contributed by atoms with van der Waals surface area (Å²) in [6.07, 6.45) is 22.0.